The molecule has 1 saturated carbocycles. The van der Waals surface area contributed by atoms with E-state index in [-0.39, 0.29) is 31.5 Å². The summed E-state index contributed by atoms with van der Waals surface area (Å²) in [5, 5.41) is 26.1. The van der Waals surface area contributed by atoms with E-state index in [2.05, 4.69) is 10.4 Å². The Morgan fingerprint density at radius 1 is 1.14 bits per heavy atom. The highest BCUT2D eigenvalue weighted by molar-refractivity contribution is 7.51. The number of aliphatic carboxylic acids is 1. The van der Waals surface area contributed by atoms with E-state index in [1.165, 1.54) is 6.92 Å². The summed E-state index contributed by atoms with van der Waals surface area (Å²) in [6.45, 7) is 9.00. The number of carboxylic acids is 1. The van der Waals surface area contributed by atoms with Gasteiger partial charge in [-0.1, -0.05) is 26.7 Å². The number of aliphatic hydroxyl groups is 1. The second-order valence-electron chi connectivity index (χ2n) is 7.12. The average Bonchev–Trinajstić information content (AvgIpc) is 2.91. The SMILES string of the molecule is CCOP(=O)(N[C@@H]1C[C@H](C(=O)O)[C@@H](O)[C@H]1[C@H](NC(C)=O)C(CC)CC)OCC. The van der Waals surface area contributed by atoms with Crippen molar-refractivity contribution in [1.82, 2.24) is 10.4 Å². The molecule has 10 heteroatoms. The highest BCUT2D eigenvalue weighted by Gasteiger charge is 2.52. The largest absolute Gasteiger partial charge is 0.481 e. The first-order valence-corrected chi connectivity index (χ1v) is 11.5. The minimum Gasteiger partial charge on any atom is -0.481 e. The van der Waals surface area contributed by atoms with Crippen LogP contribution in [0.5, 0.6) is 0 Å². The van der Waals surface area contributed by atoms with Gasteiger partial charge in [0.25, 0.3) is 0 Å². The maximum absolute atomic E-state index is 13.0. The zero-order valence-corrected chi connectivity index (χ0v) is 18.3. The van der Waals surface area contributed by atoms with Gasteiger partial charge >= 0.3 is 13.7 Å². The summed E-state index contributed by atoms with van der Waals surface area (Å²) in [6, 6.07) is -1.13. The van der Waals surface area contributed by atoms with E-state index in [4.69, 9.17) is 9.05 Å². The highest BCUT2D eigenvalue weighted by Crippen LogP contribution is 2.48. The molecule has 0 saturated heterocycles. The Balaban J connectivity index is 3.30. The first kappa shape index (κ1) is 25.0. The lowest BCUT2D eigenvalue weighted by Gasteiger charge is -2.37. The Morgan fingerprint density at radius 2 is 1.68 bits per heavy atom. The van der Waals surface area contributed by atoms with Crippen molar-refractivity contribution in [2.24, 2.45) is 17.8 Å². The monoisotopic (exact) mass is 422 g/mol. The minimum atomic E-state index is -3.68. The van der Waals surface area contributed by atoms with Crippen LogP contribution in [0.15, 0.2) is 0 Å². The molecular formula is C18H35N2O7P. The molecule has 0 radical (unpaired) electrons. The van der Waals surface area contributed by atoms with Crippen LogP contribution in [-0.4, -0.2) is 53.5 Å². The lowest BCUT2D eigenvalue weighted by Crippen LogP contribution is -2.53. The number of carbonyl (C=O) groups is 2. The molecule has 28 heavy (non-hydrogen) atoms. The maximum Gasteiger partial charge on any atom is 0.405 e. The zero-order chi connectivity index (χ0) is 21.5. The topological polar surface area (TPSA) is 134 Å². The fourth-order valence-corrected chi connectivity index (χ4v) is 5.73. The molecule has 0 heterocycles. The minimum absolute atomic E-state index is 0.0268. The molecule has 0 aromatic heterocycles. The Labute approximate surface area is 167 Å². The Hall–Kier alpha value is -0.990. The first-order valence-electron chi connectivity index (χ1n) is 9.98. The van der Waals surface area contributed by atoms with Gasteiger partial charge in [-0.05, 0) is 26.2 Å². The molecule has 0 bridgehead atoms. The molecule has 1 rings (SSSR count). The van der Waals surface area contributed by atoms with Crippen LogP contribution >= 0.6 is 7.75 Å². The van der Waals surface area contributed by atoms with Crippen molar-refractivity contribution in [3.8, 4) is 0 Å². The smallest absolute Gasteiger partial charge is 0.405 e. The van der Waals surface area contributed by atoms with E-state index in [0.717, 1.165) is 12.8 Å². The summed E-state index contributed by atoms with van der Waals surface area (Å²) in [4.78, 5) is 23.5. The quantitative estimate of drug-likeness (QED) is 0.352. The molecule has 0 spiro atoms. The van der Waals surface area contributed by atoms with Gasteiger partial charge in [0, 0.05) is 24.9 Å². The van der Waals surface area contributed by atoms with E-state index in [9.17, 15) is 24.4 Å². The molecule has 0 aromatic carbocycles. The molecule has 0 aliphatic heterocycles. The van der Waals surface area contributed by atoms with Crippen molar-refractivity contribution >= 4 is 19.6 Å². The summed E-state index contributed by atoms with van der Waals surface area (Å²) in [5.74, 6) is -3.05. The van der Waals surface area contributed by atoms with Crippen molar-refractivity contribution in [1.29, 1.82) is 0 Å². The molecule has 9 nitrogen and oxygen atoms in total. The van der Waals surface area contributed by atoms with E-state index in [1.807, 2.05) is 13.8 Å². The van der Waals surface area contributed by atoms with Crippen LogP contribution in [0.4, 0.5) is 0 Å². The number of carbonyl (C=O) groups excluding carboxylic acids is 1. The van der Waals surface area contributed by atoms with Crippen molar-refractivity contribution in [2.75, 3.05) is 13.2 Å². The average molecular weight is 422 g/mol. The predicted molar refractivity (Wildman–Crippen MR) is 105 cm³/mol. The van der Waals surface area contributed by atoms with Crippen LogP contribution in [-0.2, 0) is 23.2 Å². The molecule has 1 amide bonds. The van der Waals surface area contributed by atoms with Gasteiger partial charge in [-0.3, -0.25) is 18.6 Å². The van der Waals surface area contributed by atoms with Gasteiger partial charge < -0.3 is 15.5 Å². The Bertz CT molecular complexity index is 560. The summed E-state index contributed by atoms with van der Waals surface area (Å²) in [6.07, 6.45) is 0.332. The van der Waals surface area contributed by atoms with E-state index >= 15 is 0 Å². The van der Waals surface area contributed by atoms with E-state index in [0.29, 0.717) is 0 Å². The Kier molecular flexibility index (Phi) is 10.1. The van der Waals surface area contributed by atoms with Crippen LogP contribution in [0.1, 0.15) is 53.9 Å². The van der Waals surface area contributed by atoms with Gasteiger partial charge in [0.05, 0.1) is 25.2 Å². The van der Waals surface area contributed by atoms with Gasteiger partial charge in [-0.2, -0.15) is 0 Å². The summed E-state index contributed by atoms with van der Waals surface area (Å²) < 4.78 is 23.6. The fraction of sp³-hybridized carbons (Fsp3) is 0.889. The van der Waals surface area contributed by atoms with Gasteiger partial charge in [-0.25, -0.2) is 9.65 Å². The molecule has 1 aliphatic carbocycles. The van der Waals surface area contributed by atoms with Crippen molar-refractivity contribution in [3.63, 3.8) is 0 Å². The molecule has 164 valence electrons. The molecular weight excluding hydrogens is 387 g/mol. The second-order valence-corrected chi connectivity index (χ2v) is 8.89. The van der Waals surface area contributed by atoms with Crippen LogP contribution in [0.25, 0.3) is 0 Å². The molecule has 0 unspecified atom stereocenters. The Morgan fingerprint density at radius 3 is 2.07 bits per heavy atom. The lowest BCUT2D eigenvalue weighted by atomic mass is 9.80. The van der Waals surface area contributed by atoms with Crippen molar-refractivity contribution < 1.29 is 33.4 Å². The number of nitrogens with one attached hydrogen (secondary N) is 2. The van der Waals surface area contributed by atoms with Gasteiger partial charge in [-0.15, -0.1) is 0 Å². The number of hydrogen-bond acceptors (Lipinski definition) is 6. The number of amides is 1. The van der Waals surface area contributed by atoms with Gasteiger partial charge in [0.1, 0.15) is 0 Å². The summed E-state index contributed by atoms with van der Waals surface area (Å²) in [5.41, 5.74) is 0. The standard InChI is InChI=1S/C18H35N2O7P/c1-6-12(7-2)16(19-11(5)21)15-14(10-13(17(15)22)18(23)24)20-28(25,26-8-3)27-9-4/h12-17,22H,6-10H2,1-5H3,(H,19,21)(H,20,25)(H,23,24)/t13-,14+,15+,16+,17+/m0/s1. The normalized spacial score (nSPS) is 26.4. The van der Waals surface area contributed by atoms with Crippen LogP contribution in [0, 0.1) is 17.8 Å². The third-order valence-electron chi connectivity index (χ3n) is 5.36. The van der Waals surface area contributed by atoms with Crippen molar-refractivity contribution in [2.45, 2.75) is 72.1 Å². The number of carboxylic acid groups (broad SMARTS) is 1. The molecule has 1 aliphatic rings. The second kappa shape index (κ2) is 11.3. The third-order valence-corrected chi connectivity index (χ3v) is 7.20. The number of aliphatic hydroxyl groups excluding tert-OH is 1. The predicted octanol–water partition coefficient (Wildman–Crippen LogP) is 2.15. The van der Waals surface area contributed by atoms with Crippen LogP contribution in [0.2, 0.25) is 0 Å². The first-order chi connectivity index (χ1) is 13.1. The number of rotatable bonds is 12. The van der Waals surface area contributed by atoms with Gasteiger partial charge in [0.15, 0.2) is 0 Å². The maximum atomic E-state index is 13.0. The van der Waals surface area contributed by atoms with Gasteiger partial charge in [0.2, 0.25) is 5.91 Å². The number of hydrogen-bond donors (Lipinski definition) is 4. The highest BCUT2D eigenvalue weighted by atomic mass is 31.2. The summed E-state index contributed by atoms with van der Waals surface area (Å²) >= 11 is 0. The van der Waals surface area contributed by atoms with Crippen LogP contribution < -0.4 is 10.4 Å². The van der Waals surface area contributed by atoms with Crippen LogP contribution in [0.3, 0.4) is 0 Å². The van der Waals surface area contributed by atoms with Crippen molar-refractivity contribution in [3.05, 3.63) is 0 Å². The summed E-state index contributed by atoms with van der Waals surface area (Å²) in [7, 11) is -3.68. The molecule has 0 aromatic rings. The molecule has 4 N–H and O–H groups in total. The fourth-order valence-electron chi connectivity index (χ4n) is 4.14. The lowest BCUT2D eigenvalue weighted by molar-refractivity contribution is -0.145. The van der Waals surface area contributed by atoms with E-state index < -0.39 is 43.7 Å². The van der Waals surface area contributed by atoms with E-state index in [1.54, 1.807) is 13.8 Å². The zero-order valence-electron chi connectivity index (χ0n) is 17.4. The molecule has 1 fully saturated rings. The third kappa shape index (κ3) is 6.26. The molecule has 5 atom stereocenters.